The summed E-state index contributed by atoms with van der Waals surface area (Å²) in [6.45, 7) is 9.33. The summed E-state index contributed by atoms with van der Waals surface area (Å²) in [5.74, 6) is 1.20. The second kappa shape index (κ2) is 9.16. The molecule has 3 aromatic rings. The van der Waals surface area contributed by atoms with Gasteiger partial charge in [-0.3, -0.25) is 14.9 Å². The quantitative estimate of drug-likeness (QED) is 0.583. The summed E-state index contributed by atoms with van der Waals surface area (Å²) in [4.78, 5) is 18.6. The zero-order valence-electron chi connectivity index (χ0n) is 18.0. The average molecular weight is 420 g/mol. The van der Waals surface area contributed by atoms with E-state index in [1.54, 1.807) is 0 Å². The molecular formula is C24H29N5O2. The molecular weight excluding hydrogens is 390 g/mol. The van der Waals surface area contributed by atoms with Crippen molar-refractivity contribution in [2.75, 3.05) is 50.9 Å². The van der Waals surface area contributed by atoms with Crippen molar-refractivity contribution >= 4 is 16.7 Å². The fraction of sp³-hybridized carbons (Fsp3) is 0.458. The largest absolute Gasteiger partial charge is 0.477 e. The van der Waals surface area contributed by atoms with Gasteiger partial charge in [-0.1, -0.05) is 6.92 Å². The van der Waals surface area contributed by atoms with Gasteiger partial charge in [-0.15, -0.1) is 0 Å². The van der Waals surface area contributed by atoms with Crippen LogP contribution in [0.1, 0.15) is 18.1 Å². The minimum absolute atomic E-state index is 0.511. The maximum Gasteiger partial charge on any atom is 0.213 e. The van der Waals surface area contributed by atoms with E-state index in [1.165, 1.54) is 11.1 Å². The Morgan fingerprint density at radius 2 is 1.68 bits per heavy atom. The molecule has 0 unspecified atom stereocenters. The third-order valence-electron chi connectivity index (χ3n) is 6.09. The van der Waals surface area contributed by atoms with E-state index in [9.17, 15) is 0 Å². The molecule has 7 nitrogen and oxygen atoms in total. The second-order valence-corrected chi connectivity index (χ2v) is 8.41. The summed E-state index contributed by atoms with van der Waals surface area (Å²) in [6, 6.07) is 8.39. The molecule has 3 aromatic heterocycles. The van der Waals surface area contributed by atoms with E-state index < -0.39 is 0 Å². The Bertz CT molecular complexity index is 1010. The van der Waals surface area contributed by atoms with Gasteiger partial charge in [-0.2, -0.15) is 0 Å². The summed E-state index contributed by atoms with van der Waals surface area (Å²) in [5, 5.41) is 0. The molecule has 0 spiro atoms. The fourth-order valence-electron chi connectivity index (χ4n) is 4.02. The van der Waals surface area contributed by atoms with E-state index in [0.717, 1.165) is 69.1 Å². The molecule has 2 fully saturated rings. The number of anilines is 1. The highest BCUT2D eigenvalue weighted by molar-refractivity contribution is 5.74. The van der Waals surface area contributed by atoms with Crippen molar-refractivity contribution in [1.29, 1.82) is 0 Å². The van der Waals surface area contributed by atoms with Gasteiger partial charge in [0.1, 0.15) is 0 Å². The van der Waals surface area contributed by atoms with Crippen LogP contribution in [-0.4, -0.2) is 65.9 Å². The molecule has 0 saturated carbocycles. The van der Waals surface area contributed by atoms with Gasteiger partial charge in [-0.25, -0.2) is 4.98 Å². The smallest absolute Gasteiger partial charge is 0.213 e. The Hall–Kier alpha value is -2.77. The third-order valence-corrected chi connectivity index (χ3v) is 6.09. The maximum atomic E-state index is 5.75. The third kappa shape index (κ3) is 4.78. The number of hydrogen-bond acceptors (Lipinski definition) is 7. The zero-order chi connectivity index (χ0) is 21.0. The molecule has 0 radical (unpaired) electrons. The minimum atomic E-state index is 0.511. The molecule has 0 amide bonds. The molecule has 31 heavy (non-hydrogen) atoms. The van der Waals surface area contributed by atoms with Crippen LogP contribution >= 0.6 is 0 Å². The number of aryl methyl sites for hydroxylation is 1. The first-order valence-corrected chi connectivity index (χ1v) is 11.1. The number of aromatic nitrogens is 3. The number of hydrogen-bond donors (Lipinski definition) is 0. The normalized spacial score (nSPS) is 17.6. The average Bonchev–Trinajstić information content (AvgIpc) is 2.79. The van der Waals surface area contributed by atoms with Crippen molar-refractivity contribution in [3.05, 3.63) is 54.0 Å². The van der Waals surface area contributed by atoms with Gasteiger partial charge in [0.25, 0.3) is 0 Å². The molecule has 0 aliphatic carbocycles. The fourth-order valence-corrected chi connectivity index (χ4v) is 4.02. The predicted molar refractivity (Wildman–Crippen MR) is 120 cm³/mol. The van der Waals surface area contributed by atoms with Crippen molar-refractivity contribution in [2.45, 2.75) is 19.9 Å². The number of nitrogens with zero attached hydrogens (tertiary/aromatic N) is 5. The van der Waals surface area contributed by atoms with E-state index in [2.05, 4.69) is 49.9 Å². The van der Waals surface area contributed by atoms with Crippen LogP contribution in [0.4, 0.5) is 5.69 Å². The molecule has 0 bridgehead atoms. The van der Waals surface area contributed by atoms with E-state index in [1.807, 2.05) is 24.7 Å². The monoisotopic (exact) mass is 419 g/mol. The number of fused-ring (bicyclic) bond motifs is 1. The predicted octanol–water partition coefficient (Wildman–Crippen LogP) is 2.93. The number of piperazine rings is 1. The van der Waals surface area contributed by atoms with E-state index >= 15 is 0 Å². The van der Waals surface area contributed by atoms with Crippen LogP contribution in [0.5, 0.6) is 5.88 Å². The summed E-state index contributed by atoms with van der Waals surface area (Å²) in [5.41, 5.74) is 5.56. The Kier molecular flexibility index (Phi) is 5.95. The van der Waals surface area contributed by atoms with Crippen LogP contribution in [0, 0.1) is 5.92 Å². The highest BCUT2D eigenvalue weighted by Crippen LogP contribution is 2.21. The second-order valence-electron chi connectivity index (χ2n) is 8.41. The van der Waals surface area contributed by atoms with Crippen LogP contribution < -0.4 is 9.64 Å². The van der Waals surface area contributed by atoms with Crippen LogP contribution in [0.25, 0.3) is 11.0 Å². The lowest BCUT2D eigenvalue weighted by atomic mass is 10.1. The van der Waals surface area contributed by atoms with Gasteiger partial charge in [0.2, 0.25) is 5.88 Å². The number of rotatable bonds is 7. The molecule has 2 aliphatic heterocycles. The van der Waals surface area contributed by atoms with E-state index in [-0.39, 0.29) is 0 Å². The Morgan fingerprint density at radius 1 is 0.935 bits per heavy atom. The van der Waals surface area contributed by atoms with Crippen molar-refractivity contribution in [3.8, 4) is 5.88 Å². The lowest BCUT2D eigenvalue weighted by Gasteiger charge is -2.36. The van der Waals surface area contributed by atoms with Gasteiger partial charge in [0, 0.05) is 57.1 Å². The SMILES string of the molecule is CCc1cnc2cc(CN3CCN(c4ccc(OCC5COC5)nc4)CC3)cnc2c1. The number of pyridine rings is 3. The first-order chi connectivity index (χ1) is 15.3. The Balaban J connectivity index is 1.13. The van der Waals surface area contributed by atoms with Gasteiger partial charge in [-0.05, 0) is 35.7 Å². The van der Waals surface area contributed by atoms with Crippen LogP contribution in [0.15, 0.2) is 42.9 Å². The molecule has 7 heteroatoms. The summed E-state index contributed by atoms with van der Waals surface area (Å²) >= 11 is 0. The van der Waals surface area contributed by atoms with Crippen molar-refractivity contribution < 1.29 is 9.47 Å². The lowest BCUT2D eigenvalue weighted by Crippen LogP contribution is -2.46. The lowest BCUT2D eigenvalue weighted by molar-refractivity contribution is -0.0514. The van der Waals surface area contributed by atoms with E-state index in [4.69, 9.17) is 9.47 Å². The van der Waals surface area contributed by atoms with Gasteiger partial charge in [0.05, 0.1) is 42.7 Å². The molecule has 2 aliphatic rings. The summed E-state index contributed by atoms with van der Waals surface area (Å²) in [7, 11) is 0. The standard InChI is InChI=1S/C24H29N5O2/c1-2-18-9-22-23(25-11-18)10-19(12-26-22)14-28-5-7-29(8-6-28)21-3-4-24(27-13-21)31-17-20-15-30-16-20/h3-4,9-13,20H,2,5-8,14-17H2,1H3. The van der Waals surface area contributed by atoms with E-state index in [0.29, 0.717) is 18.4 Å². The molecule has 2 saturated heterocycles. The topological polar surface area (TPSA) is 63.6 Å². The van der Waals surface area contributed by atoms with Crippen molar-refractivity contribution in [1.82, 2.24) is 19.9 Å². The van der Waals surface area contributed by atoms with Gasteiger partial charge in [0.15, 0.2) is 0 Å². The first-order valence-electron chi connectivity index (χ1n) is 11.1. The van der Waals surface area contributed by atoms with Crippen LogP contribution in [-0.2, 0) is 17.7 Å². The maximum absolute atomic E-state index is 5.75. The molecule has 162 valence electrons. The van der Waals surface area contributed by atoms with Crippen molar-refractivity contribution in [2.24, 2.45) is 5.92 Å². The summed E-state index contributed by atoms with van der Waals surface area (Å²) in [6.07, 6.45) is 6.86. The van der Waals surface area contributed by atoms with Crippen LogP contribution in [0.3, 0.4) is 0 Å². The molecule has 0 N–H and O–H groups in total. The van der Waals surface area contributed by atoms with Crippen molar-refractivity contribution in [3.63, 3.8) is 0 Å². The molecule has 5 rings (SSSR count). The summed E-state index contributed by atoms with van der Waals surface area (Å²) < 4.78 is 10.9. The zero-order valence-corrected chi connectivity index (χ0v) is 18.0. The highest BCUT2D eigenvalue weighted by atomic mass is 16.5. The molecule has 0 atom stereocenters. The highest BCUT2D eigenvalue weighted by Gasteiger charge is 2.20. The molecule has 5 heterocycles. The molecule has 0 aromatic carbocycles. The minimum Gasteiger partial charge on any atom is -0.477 e. The number of ether oxygens (including phenoxy) is 2. The Morgan fingerprint density at radius 3 is 2.32 bits per heavy atom. The Labute approximate surface area is 183 Å². The van der Waals surface area contributed by atoms with Gasteiger partial charge >= 0.3 is 0 Å². The first kappa shape index (κ1) is 20.2. The van der Waals surface area contributed by atoms with Gasteiger partial charge < -0.3 is 14.4 Å². The van der Waals surface area contributed by atoms with Crippen LogP contribution in [0.2, 0.25) is 0 Å².